The summed E-state index contributed by atoms with van der Waals surface area (Å²) in [7, 11) is 0. The Kier molecular flexibility index (Phi) is 4.48. The summed E-state index contributed by atoms with van der Waals surface area (Å²) in [6, 6.07) is 13.3. The van der Waals surface area contributed by atoms with Crippen LogP contribution in [0.25, 0.3) is 0 Å². The molecule has 0 unspecified atom stereocenters. The predicted octanol–water partition coefficient (Wildman–Crippen LogP) is 4.91. The van der Waals surface area contributed by atoms with Crippen LogP contribution in [-0.2, 0) is 9.59 Å². The molecule has 3 aromatic rings. The molecule has 2 amide bonds. The molecule has 2 bridgehead atoms. The number of fused-ring (bicyclic) bond motifs is 9. The first kappa shape index (κ1) is 20.9. The highest BCUT2D eigenvalue weighted by atomic mass is 35.5. The lowest BCUT2D eigenvalue weighted by molar-refractivity contribution is -0.123. The number of carbonyl (C=O) groups excluding carboxylic acids is 2. The molecule has 2 saturated carbocycles. The molecule has 7 rings (SSSR count). The van der Waals surface area contributed by atoms with Crippen molar-refractivity contribution >= 4 is 52.2 Å². The minimum Gasteiger partial charge on any atom is -0.307 e. The Morgan fingerprint density at radius 2 is 1.62 bits per heavy atom. The molecule has 2 aromatic carbocycles. The van der Waals surface area contributed by atoms with Crippen LogP contribution in [0.2, 0.25) is 5.02 Å². The Bertz CT molecular complexity index is 1400. The van der Waals surface area contributed by atoms with Crippen molar-refractivity contribution in [3.8, 4) is 0 Å². The third-order valence-corrected chi connectivity index (χ3v) is 10.9. The molecule has 3 fully saturated rings. The van der Waals surface area contributed by atoms with E-state index in [4.69, 9.17) is 11.6 Å². The number of halogens is 2. The number of nitrogens with one attached hydrogen (secondary N) is 1. The van der Waals surface area contributed by atoms with E-state index >= 15 is 0 Å². The zero-order valence-electron chi connectivity index (χ0n) is 17.6. The number of nitrogens with zero attached hydrogens (tertiary/aromatic N) is 1. The number of aromatic amines is 1. The topological polar surface area (TPSA) is 70.2 Å². The summed E-state index contributed by atoms with van der Waals surface area (Å²) in [4.78, 5) is 44.6. The maximum absolute atomic E-state index is 13.7. The van der Waals surface area contributed by atoms with E-state index < -0.39 is 0 Å². The number of amides is 2. The van der Waals surface area contributed by atoms with Gasteiger partial charge < -0.3 is 4.98 Å². The fourth-order valence-corrected chi connectivity index (χ4v) is 9.92. The number of benzene rings is 2. The van der Waals surface area contributed by atoms with Gasteiger partial charge in [0.1, 0.15) is 5.82 Å². The van der Waals surface area contributed by atoms with Gasteiger partial charge in [0.2, 0.25) is 11.8 Å². The second-order valence-corrected chi connectivity index (χ2v) is 12.1. The standard InChI is InChI=1S/C25H18ClFN2O3S2/c26-11-3-7-13(8-4-11)29-23(30)18-14-9-15(19(18)24(29)31)20-17(14)16(10-1-5-12(27)6-2-10)21-22(33-20)28-25(32)34-21/h1-8,14-20H,9H2,(H,28,32)/t14-,15+,16+,17+,18+,19+,20-/m0/s1. The van der Waals surface area contributed by atoms with Crippen LogP contribution in [0.5, 0.6) is 0 Å². The number of H-pyrrole nitrogens is 1. The van der Waals surface area contributed by atoms with Gasteiger partial charge >= 0.3 is 4.87 Å². The van der Waals surface area contributed by atoms with Crippen LogP contribution >= 0.6 is 34.7 Å². The van der Waals surface area contributed by atoms with Crippen molar-refractivity contribution in [2.45, 2.75) is 22.6 Å². The van der Waals surface area contributed by atoms with Gasteiger partial charge in [0.05, 0.1) is 22.5 Å². The van der Waals surface area contributed by atoms with Gasteiger partial charge in [0.25, 0.3) is 0 Å². The molecular formula is C25H18ClFN2O3S2. The van der Waals surface area contributed by atoms with E-state index in [0.29, 0.717) is 10.7 Å². The summed E-state index contributed by atoms with van der Waals surface area (Å²) in [5, 5.41) is 1.51. The second kappa shape index (κ2) is 7.29. The van der Waals surface area contributed by atoms with Gasteiger partial charge in [0, 0.05) is 21.1 Å². The maximum atomic E-state index is 13.7. The van der Waals surface area contributed by atoms with E-state index in [-0.39, 0.29) is 63.3 Å². The molecule has 2 aliphatic heterocycles. The van der Waals surface area contributed by atoms with E-state index in [9.17, 15) is 18.8 Å². The molecule has 172 valence electrons. The second-order valence-electron chi connectivity index (χ2n) is 9.50. The van der Waals surface area contributed by atoms with E-state index in [1.165, 1.54) is 28.4 Å². The zero-order valence-corrected chi connectivity index (χ0v) is 20.0. The average Bonchev–Trinajstić information content (AvgIpc) is 3.54. The SMILES string of the molecule is O=C1[C@@H]2[C@H]3C[C@@H]([C@@H]4Sc5[nH]c(=O)sc5[C@H](c5ccc(F)cc5)[C@@H]34)[C@H]2C(=O)N1c1ccc(Cl)cc1. The third kappa shape index (κ3) is 2.76. The molecular weight excluding hydrogens is 495 g/mol. The summed E-state index contributed by atoms with van der Waals surface area (Å²) in [5.74, 6) is -1.21. The lowest BCUT2D eigenvalue weighted by Gasteiger charge is -2.43. The number of hydrogen-bond donors (Lipinski definition) is 1. The number of hydrogen-bond acceptors (Lipinski definition) is 5. The molecule has 34 heavy (non-hydrogen) atoms. The normalized spacial score (nSPS) is 33.2. The first-order valence-corrected chi connectivity index (χ1v) is 13.3. The Hall–Kier alpha value is -2.42. The number of aromatic nitrogens is 1. The maximum Gasteiger partial charge on any atom is 0.305 e. The van der Waals surface area contributed by atoms with E-state index in [0.717, 1.165) is 21.9 Å². The van der Waals surface area contributed by atoms with Crippen LogP contribution in [0, 0.1) is 35.4 Å². The molecule has 0 spiro atoms. The van der Waals surface area contributed by atoms with Crippen molar-refractivity contribution < 1.29 is 14.0 Å². The Balaban J connectivity index is 1.32. The van der Waals surface area contributed by atoms with Crippen LogP contribution in [-0.4, -0.2) is 22.0 Å². The molecule has 4 aliphatic rings. The number of rotatable bonds is 2. The van der Waals surface area contributed by atoms with E-state index in [1.807, 2.05) is 0 Å². The Morgan fingerprint density at radius 1 is 0.941 bits per heavy atom. The third-order valence-electron chi connectivity index (χ3n) is 8.04. The van der Waals surface area contributed by atoms with Gasteiger partial charge in [-0.1, -0.05) is 35.1 Å². The monoisotopic (exact) mass is 512 g/mol. The minimum absolute atomic E-state index is 0.0293. The number of anilines is 1. The van der Waals surface area contributed by atoms with Crippen molar-refractivity contribution in [3.63, 3.8) is 0 Å². The van der Waals surface area contributed by atoms with Crippen LogP contribution in [0.3, 0.4) is 0 Å². The number of carbonyl (C=O) groups is 2. The lowest BCUT2D eigenvalue weighted by atomic mass is 9.68. The average molecular weight is 513 g/mol. The summed E-state index contributed by atoms with van der Waals surface area (Å²) in [6.45, 7) is 0. The molecule has 9 heteroatoms. The van der Waals surface area contributed by atoms with Gasteiger partial charge in [0.15, 0.2) is 0 Å². The van der Waals surface area contributed by atoms with Crippen LogP contribution in [0.4, 0.5) is 10.1 Å². The van der Waals surface area contributed by atoms with E-state index in [2.05, 4.69) is 4.98 Å². The fraction of sp³-hybridized carbons (Fsp3) is 0.320. The summed E-state index contributed by atoms with van der Waals surface area (Å²) < 4.78 is 13.7. The summed E-state index contributed by atoms with van der Waals surface area (Å²) in [5.41, 5.74) is 1.51. The largest absolute Gasteiger partial charge is 0.307 e. The van der Waals surface area contributed by atoms with Crippen molar-refractivity contribution in [2.75, 3.05) is 4.90 Å². The van der Waals surface area contributed by atoms with Gasteiger partial charge in [-0.3, -0.25) is 19.3 Å². The Morgan fingerprint density at radius 3 is 2.32 bits per heavy atom. The molecule has 7 atom stereocenters. The van der Waals surface area contributed by atoms with Crippen molar-refractivity contribution in [1.82, 2.24) is 4.98 Å². The smallest absolute Gasteiger partial charge is 0.305 e. The molecule has 3 heterocycles. The summed E-state index contributed by atoms with van der Waals surface area (Å²) in [6.07, 6.45) is 0.820. The molecule has 2 aliphatic carbocycles. The van der Waals surface area contributed by atoms with Crippen LogP contribution in [0.1, 0.15) is 22.8 Å². The number of thiazole rings is 1. The quantitative estimate of drug-likeness (QED) is 0.495. The highest BCUT2D eigenvalue weighted by Gasteiger charge is 2.69. The molecule has 1 aromatic heterocycles. The van der Waals surface area contributed by atoms with Gasteiger partial charge in [-0.2, -0.15) is 0 Å². The van der Waals surface area contributed by atoms with Crippen molar-refractivity contribution in [2.24, 2.45) is 29.6 Å². The molecule has 1 N–H and O–H groups in total. The van der Waals surface area contributed by atoms with Gasteiger partial charge in [-0.05, 0) is 66.1 Å². The minimum atomic E-state index is -0.366. The molecule has 1 saturated heterocycles. The van der Waals surface area contributed by atoms with E-state index in [1.54, 1.807) is 48.2 Å². The van der Waals surface area contributed by atoms with Crippen LogP contribution < -0.4 is 9.77 Å². The molecule has 5 nitrogen and oxygen atoms in total. The lowest BCUT2D eigenvalue weighted by Crippen LogP contribution is -2.42. The van der Waals surface area contributed by atoms with Crippen molar-refractivity contribution in [3.05, 3.63) is 79.5 Å². The molecule has 0 radical (unpaired) electrons. The number of thioether (sulfide) groups is 1. The highest BCUT2D eigenvalue weighted by molar-refractivity contribution is 8.00. The van der Waals surface area contributed by atoms with Crippen LogP contribution in [0.15, 0.2) is 58.4 Å². The first-order valence-electron chi connectivity index (χ1n) is 11.2. The van der Waals surface area contributed by atoms with Gasteiger partial charge in [-0.25, -0.2) is 4.39 Å². The zero-order chi connectivity index (χ0) is 23.3. The van der Waals surface area contributed by atoms with Crippen molar-refractivity contribution in [1.29, 1.82) is 0 Å². The summed E-state index contributed by atoms with van der Waals surface area (Å²) >= 11 is 8.86. The van der Waals surface area contributed by atoms with Gasteiger partial charge in [-0.15, -0.1) is 11.8 Å². The predicted molar refractivity (Wildman–Crippen MR) is 129 cm³/mol. The number of imide groups is 1. The fourth-order valence-electron chi connectivity index (χ4n) is 6.90. The first-order chi connectivity index (χ1) is 16.4. The highest BCUT2D eigenvalue weighted by Crippen LogP contribution is 2.68. The Labute approximate surface area is 207 Å².